The van der Waals surface area contributed by atoms with Crippen LogP contribution in [-0.4, -0.2) is 7.11 Å². The Morgan fingerprint density at radius 3 is 2.86 bits per heavy atom. The van der Waals surface area contributed by atoms with E-state index in [4.69, 9.17) is 20.8 Å². The summed E-state index contributed by atoms with van der Waals surface area (Å²) in [6.45, 7) is 0. The van der Waals surface area contributed by atoms with Gasteiger partial charge >= 0.3 is 5.63 Å². The number of hydrogen-bond donors (Lipinski definition) is 0. The van der Waals surface area contributed by atoms with Gasteiger partial charge < -0.3 is 9.15 Å². The Bertz CT molecular complexity index is 530. The van der Waals surface area contributed by atoms with Crippen molar-refractivity contribution in [2.45, 2.75) is 0 Å². The van der Waals surface area contributed by atoms with Crippen LogP contribution in [0.1, 0.15) is 0 Å². The van der Waals surface area contributed by atoms with Gasteiger partial charge in [-0.05, 0) is 29.1 Å². The van der Waals surface area contributed by atoms with Gasteiger partial charge in [0, 0.05) is 6.07 Å². The van der Waals surface area contributed by atoms with Crippen molar-refractivity contribution in [2.75, 3.05) is 7.11 Å². The lowest BCUT2D eigenvalue weighted by atomic mass is 10.2. The Morgan fingerprint density at radius 1 is 1.36 bits per heavy atom. The number of benzene rings is 1. The predicted molar refractivity (Wildman–Crippen MR) is 54.0 cm³/mol. The molecule has 3 nitrogen and oxygen atoms in total. The highest BCUT2D eigenvalue weighted by atomic mass is 35.5. The first-order valence-corrected chi connectivity index (χ1v) is 4.36. The van der Waals surface area contributed by atoms with E-state index in [0.29, 0.717) is 11.1 Å². The first-order valence-electron chi connectivity index (χ1n) is 3.98. The minimum Gasteiger partial charge on any atom is -0.497 e. The van der Waals surface area contributed by atoms with E-state index in [1.807, 2.05) is 0 Å². The van der Waals surface area contributed by atoms with Gasteiger partial charge in [0.1, 0.15) is 5.75 Å². The smallest absolute Gasteiger partial charge is 0.345 e. The number of rotatable bonds is 1. The molecule has 1 aromatic carbocycles. The van der Waals surface area contributed by atoms with Gasteiger partial charge in [-0.25, -0.2) is 4.79 Å². The summed E-state index contributed by atoms with van der Waals surface area (Å²) in [5.41, 5.74) is -0.452. The first kappa shape index (κ1) is 9.09. The van der Waals surface area contributed by atoms with Gasteiger partial charge in [0.15, 0.2) is 5.22 Å². The van der Waals surface area contributed by atoms with E-state index in [9.17, 15) is 4.79 Å². The number of ether oxygens (including phenoxy) is 1. The van der Waals surface area contributed by atoms with Crippen molar-refractivity contribution >= 4 is 22.4 Å². The molecule has 0 atom stereocenters. The van der Waals surface area contributed by atoms with Crippen LogP contribution in [0.3, 0.4) is 0 Å². The molecule has 4 heteroatoms. The lowest BCUT2D eigenvalue weighted by molar-refractivity contribution is 0.415. The van der Waals surface area contributed by atoms with Gasteiger partial charge in [-0.3, -0.25) is 0 Å². The molecule has 1 heterocycles. The summed E-state index contributed by atoms with van der Waals surface area (Å²) in [4.78, 5) is 11.4. The van der Waals surface area contributed by atoms with Crippen molar-refractivity contribution in [2.24, 2.45) is 0 Å². The van der Waals surface area contributed by atoms with Gasteiger partial charge in [-0.15, -0.1) is 0 Å². The lowest BCUT2D eigenvalue weighted by Gasteiger charge is -2.00. The van der Waals surface area contributed by atoms with Gasteiger partial charge in [0.2, 0.25) is 0 Å². The summed E-state index contributed by atoms with van der Waals surface area (Å²) in [6.07, 6.45) is 0. The second-order valence-corrected chi connectivity index (χ2v) is 3.16. The molecule has 2 rings (SSSR count). The maximum Gasteiger partial charge on any atom is 0.345 e. The van der Waals surface area contributed by atoms with E-state index >= 15 is 0 Å². The van der Waals surface area contributed by atoms with E-state index in [-0.39, 0.29) is 5.22 Å². The molecule has 0 aliphatic heterocycles. The number of hydrogen-bond acceptors (Lipinski definition) is 3. The fraction of sp³-hybridized carbons (Fsp3) is 0.100. The number of fused-ring (bicyclic) bond motifs is 1. The maximum atomic E-state index is 11.4. The van der Waals surface area contributed by atoms with Crippen LogP contribution in [0.5, 0.6) is 5.75 Å². The van der Waals surface area contributed by atoms with Gasteiger partial charge in [0.25, 0.3) is 0 Å². The van der Waals surface area contributed by atoms with Crippen LogP contribution in [0, 0.1) is 0 Å². The van der Waals surface area contributed by atoms with Crippen LogP contribution in [0.4, 0.5) is 0 Å². The molecule has 0 amide bonds. The molecule has 14 heavy (non-hydrogen) atoms. The Kier molecular flexibility index (Phi) is 2.17. The van der Waals surface area contributed by atoms with Crippen molar-refractivity contribution in [1.82, 2.24) is 0 Å². The normalized spacial score (nSPS) is 10.4. The van der Waals surface area contributed by atoms with Crippen LogP contribution < -0.4 is 10.4 Å². The standard InChI is InChI=1S/C10H7ClO3/c1-13-7-3-2-6-4-9(11)14-10(12)8(6)5-7/h2-5H,1H3. The van der Waals surface area contributed by atoms with E-state index in [1.165, 1.54) is 0 Å². The molecule has 0 unspecified atom stereocenters. The first-order chi connectivity index (χ1) is 6.70. The zero-order valence-corrected chi connectivity index (χ0v) is 8.17. The van der Waals surface area contributed by atoms with E-state index < -0.39 is 5.63 Å². The average Bonchev–Trinajstić information content (AvgIpc) is 2.17. The third kappa shape index (κ3) is 1.46. The molecule has 0 fully saturated rings. The molecule has 1 aromatic heterocycles. The molecular weight excluding hydrogens is 204 g/mol. The summed E-state index contributed by atoms with van der Waals surface area (Å²) in [5, 5.41) is 1.30. The van der Waals surface area contributed by atoms with Crippen molar-refractivity contribution in [3.63, 3.8) is 0 Å². The van der Waals surface area contributed by atoms with Crippen molar-refractivity contribution in [3.8, 4) is 5.75 Å². The van der Waals surface area contributed by atoms with Gasteiger partial charge in [-0.2, -0.15) is 0 Å². The molecule has 2 aromatic rings. The maximum absolute atomic E-state index is 11.4. The Balaban J connectivity index is 2.82. The molecular formula is C10H7ClO3. The Morgan fingerprint density at radius 2 is 2.14 bits per heavy atom. The summed E-state index contributed by atoms with van der Waals surface area (Å²) in [7, 11) is 1.54. The van der Waals surface area contributed by atoms with Crippen LogP contribution in [0.25, 0.3) is 10.8 Å². The van der Waals surface area contributed by atoms with Crippen LogP contribution >= 0.6 is 11.6 Å². The highest BCUT2D eigenvalue weighted by Crippen LogP contribution is 2.20. The lowest BCUT2D eigenvalue weighted by Crippen LogP contribution is -1.99. The average molecular weight is 211 g/mol. The monoisotopic (exact) mass is 210 g/mol. The topological polar surface area (TPSA) is 39.4 Å². The summed E-state index contributed by atoms with van der Waals surface area (Å²) in [5.74, 6) is 0.618. The number of methoxy groups -OCH3 is 1. The van der Waals surface area contributed by atoms with Crippen LogP contribution in [0.2, 0.25) is 5.22 Å². The van der Waals surface area contributed by atoms with Crippen molar-refractivity contribution < 1.29 is 9.15 Å². The molecule has 0 saturated carbocycles. The largest absolute Gasteiger partial charge is 0.497 e. The quantitative estimate of drug-likeness (QED) is 0.726. The summed E-state index contributed by atoms with van der Waals surface area (Å²) >= 11 is 5.60. The minimum atomic E-state index is -0.452. The predicted octanol–water partition coefficient (Wildman–Crippen LogP) is 2.46. The Hall–Kier alpha value is -1.48. The molecule has 0 aliphatic rings. The molecule has 0 aliphatic carbocycles. The van der Waals surface area contributed by atoms with Crippen LogP contribution in [-0.2, 0) is 0 Å². The molecule has 0 bridgehead atoms. The molecule has 0 spiro atoms. The third-order valence-electron chi connectivity index (χ3n) is 1.94. The zero-order chi connectivity index (χ0) is 10.1. The van der Waals surface area contributed by atoms with E-state index in [1.54, 1.807) is 31.4 Å². The Labute approximate surface area is 84.9 Å². The second-order valence-electron chi connectivity index (χ2n) is 2.79. The highest BCUT2D eigenvalue weighted by Gasteiger charge is 2.03. The molecule has 72 valence electrons. The minimum absolute atomic E-state index is 0.0904. The fourth-order valence-corrected chi connectivity index (χ4v) is 1.45. The van der Waals surface area contributed by atoms with Gasteiger partial charge in [-0.1, -0.05) is 6.07 Å². The van der Waals surface area contributed by atoms with Crippen molar-refractivity contribution in [3.05, 3.63) is 39.9 Å². The molecule has 0 radical (unpaired) electrons. The number of halogens is 1. The SMILES string of the molecule is COc1ccc2cc(Cl)oc(=O)c2c1. The second kappa shape index (κ2) is 3.35. The van der Waals surface area contributed by atoms with Gasteiger partial charge in [0.05, 0.1) is 12.5 Å². The van der Waals surface area contributed by atoms with Crippen molar-refractivity contribution in [1.29, 1.82) is 0 Å². The van der Waals surface area contributed by atoms with Crippen LogP contribution in [0.15, 0.2) is 33.5 Å². The molecule has 0 N–H and O–H groups in total. The summed E-state index contributed by atoms with van der Waals surface area (Å²) < 4.78 is 9.74. The fourth-order valence-electron chi connectivity index (χ4n) is 1.26. The molecule has 0 saturated heterocycles. The highest BCUT2D eigenvalue weighted by molar-refractivity contribution is 6.29. The summed E-state index contributed by atoms with van der Waals surface area (Å²) in [6, 6.07) is 6.74. The third-order valence-corrected chi connectivity index (χ3v) is 2.13. The zero-order valence-electron chi connectivity index (χ0n) is 7.41. The van der Waals surface area contributed by atoms with E-state index in [2.05, 4.69) is 0 Å². The van der Waals surface area contributed by atoms with E-state index in [0.717, 1.165) is 5.39 Å².